The van der Waals surface area contributed by atoms with E-state index in [1.165, 1.54) is 19.3 Å². The zero-order valence-corrected chi connectivity index (χ0v) is 13.3. The van der Waals surface area contributed by atoms with E-state index in [-0.39, 0.29) is 6.61 Å². The molecular weight excluding hydrogens is 238 g/mol. The number of ether oxygens (including phenoxy) is 1. The summed E-state index contributed by atoms with van der Waals surface area (Å²) in [5.41, 5.74) is 0. The van der Waals surface area contributed by atoms with Crippen molar-refractivity contribution in [2.45, 2.75) is 52.6 Å². The fraction of sp³-hybridized carbons (Fsp3) is 1.00. The number of aliphatic hydroxyl groups excluding tert-OH is 1. The summed E-state index contributed by atoms with van der Waals surface area (Å²) in [6.45, 7) is 10.0. The highest BCUT2D eigenvalue weighted by Gasteiger charge is 2.31. The van der Waals surface area contributed by atoms with Crippen LogP contribution in [0.4, 0.5) is 0 Å². The van der Waals surface area contributed by atoms with Gasteiger partial charge in [-0.1, -0.05) is 27.2 Å². The first-order valence-electron chi connectivity index (χ1n) is 7.95. The molecule has 1 aliphatic carbocycles. The summed E-state index contributed by atoms with van der Waals surface area (Å²) in [7, 11) is 2.10. The third-order valence-electron chi connectivity index (χ3n) is 4.46. The topological polar surface area (TPSA) is 32.7 Å². The summed E-state index contributed by atoms with van der Waals surface area (Å²) in [5, 5.41) is 8.81. The third-order valence-corrected chi connectivity index (χ3v) is 4.46. The van der Waals surface area contributed by atoms with Crippen molar-refractivity contribution in [1.82, 2.24) is 4.90 Å². The molecule has 0 amide bonds. The SMILES string of the molecule is CC1CCC(C(C)C)C(OCCN(C)CCCO)C1. The second-order valence-corrected chi connectivity index (χ2v) is 6.62. The van der Waals surface area contributed by atoms with E-state index >= 15 is 0 Å². The van der Waals surface area contributed by atoms with Crippen molar-refractivity contribution in [1.29, 1.82) is 0 Å². The van der Waals surface area contributed by atoms with Gasteiger partial charge in [0.15, 0.2) is 0 Å². The number of likely N-dealkylation sites (N-methyl/N-ethyl adjacent to an activating group) is 1. The van der Waals surface area contributed by atoms with Crippen LogP contribution in [0.3, 0.4) is 0 Å². The van der Waals surface area contributed by atoms with Crippen LogP contribution in [0.5, 0.6) is 0 Å². The molecular formula is C16H33NO2. The molecule has 3 nitrogen and oxygen atoms in total. The molecule has 0 aromatic heterocycles. The Bertz CT molecular complexity index is 233. The molecule has 1 saturated carbocycles. The Hall–Kier alpha value is -0.120. The minimum atomic E-state index is 0.279. The Kier molecular flexibility index (Phi) is 7.96. The standard InChI is InChI=1S/C16H33NO2/c1-13(2)15-7-6-14(3)12-16(15)19-11-9-17(4)8-5-10-18/h13-16,18H,5-12H2,1-4H3. The largest absolute Gasteiger partial charge is 0.396 e. The van der Waals surface area contributed by atoms with Gasteiger partial charge in [-0.05, 0) is 44.1 Å². The fourth-order valence-corrected chi connectivity index (χ4v) is 3.12. The molecule has 1 fully saturated rings. The molecule has 0 heterocycles. The zero-order valence-electron chi connectivity index (χ0n) is 13.3. The lowest BCUT2D eigenvalue weighted by Crippen LogP contribution is -2.36. The maximum absolute atomic E-state index is 8.81. The first-order chi connectivity index (χ1) is 9.04. The Morgan fingerprint density at radius 2 is 2.00 bits per heavy atom. The summed E-state index contributed by atoms with van der Waals surface area (Å²) in [4.78, 5) is 2.24. The number of hydrogen-bond donors (Lipinski definition) is 1. The lowest BCUT2D eigenvalue weighted by atomic mass is 9.75. The molecule has 1 aliphatic rings. The molecule has 0 aliphatic heterocycles. The van der Waals surface area contributed by atoms with Crippen LogP contribution in [0.1, 0.15) is 46.5 Å². The minimum absolute atomic E-state index is 0.279. The third kappa shape index (κ3) is 6.24. The average molecular weight is 271 g/mol. The van der Waals surface area contributed by atoms with Gasteiger partial charge in [0.05, 0.1) is 12.7 Å². The molecule has 0 saturated heterocycles. The quantitative estimate of drug-likeness (QED) is 0.737. The van der Waals surface area contributed by atoms with Gasteiger partial charge in [-0.25, -0.2) is 0 Å². The molecule has 114 valence electrons. The van der Waals surface area contributed by atoms with Crippen LogP contribution >= 0.6 is 0 Å². The Morgan fingerprint density at radius 3 is 2.63 bits per heavy atom. The maximum Gasteiger partial charge on any atom is 0.0608 e. The molecule has 0 spiro atoms. The molecule has 0 radical (unpaired) electrons. The van der Waals surface area contributed by atoms with Crippen LogP contribution in [0.25, 0.3) is 0 Å². The van der Waals surface area contributed by atoms with Crippen LogP contribution in [-0.4, -0.2) is 49.5 Å². The molecule has 0 aromatic carbocycles. The van der Waals surface area contributed by atoms with E-state index in [1.54, 1.807) is 0 Å². The second-order valence-electron chi connectivity index (χ2n) is 6.62. The Morgan fingerprint density at radius 1 is 1.26 bits per heavy atom. The van der Waals surface area contributed by atoms with Crippen LogP contribution in [0, 0.1) is 17.8 Å². The molecule has 0 aromatic rings. The summed E-state index contributed by atoms with van der Waals surface area (Å²) in [6.07, 6.45) is 5.22. The van der Waals surface area contributed by atoms with E-state index in [0.29, 0.717) is 6.10 Å². The molecule has 19 heavy (non-hydrogen) atoms. The predicted molar refractivity (Wildman–Crippen MR) is 80.3 cm³/mol. The molecule has 0 bridgehead atoms. The van der Waals surface area contributed by atoms with E-state index in [0.717, 1.165) is 43.9 Å². The van der Waals surface area contributed by atoms with Crippen molar-refractivity contribution in [3.8, 4) is 0 Å². The van der Waals surface area contributed by atoms with Crippen molar-refractivity contribution in [2.75, 3.05) is 33.4 Å². The van der Waals surface area contributed by atoms with Gasteiger partial charge in [-0.2, -0.15) is 0 Å². The van der Waals surface area contributed by atoms with Crippen molar-refractivity contribution in [2.24, 2.45) is 17.8 Å². The summed E-state index contributed by atoms with van der Waals surface area (Å²) >= 11 is 0. The first kappa shape index (κ1) is 16.9. The van der Waals surface area contributed by atoms with E-state index < -0.39 is 0 Å². The normalized spacial score (nSPS) is 28.3. The number of rotatable bonds is 8. The van der Waals surface area contributed by atoms with Crippen molar-refractivity contribution < 1.29 is 9.84 Å². The monoisotopic (exact) mass is 271 g/mol. The van der Waals surface area contributed by atoms with Crippen LogP contribution in [0.2, 0.25) is 0 Å². The number of nitrogens with zero attached hydrogens (tertiary/aromatic N) is 1. The molecule has 3 heteroatoms. The summed E-state index contributed by atoms with van der Waals surface area (Å²) in [5.74, 6) is 2.27. The van der Waals surface area contributed by atoms with Gasteiger partial charge < -0.3 is 14.7 Å². The smallest absolute Gasteiger partial charge is 0.0608 e. The van der Waals surface area contributed by atoms with Gasteiger partial charge in [0.2, 0.25) is 0 Å². The van der Waals surface area contributed by atoms with Gasteiger partial charge in [-0.3, -0.25) is 0 Å². The highest BCUT2D eigenvalue weighted by atomic mass is 16.5. The van der Waals surface area contributed by atoms with Gasteiger partial charge in [-0.15, -0.1) is 0 Å². The van der Waals surface area contributed by atoms with E-state index in [9.17, 15) is 0 Å². The maximum atomic E-state index is 8.81. The van der Waals surface area contributed by atoms with Crippen LogP contribution in [-0.2, 0) is 4.74 Å². The highest BCUT2D eigenvalue weighted by Crippen LogP contribution is 2.35. The van der Waals surface area contributed by atoms with Crippen LogP contribution in [0.15, 0.2) is 0 Å². The lowest BCUT2D eigenvalue weighted by molar-refractivity contribution is -0.0430. The average Bonchev–Trinajstić information content (AvgIpc) is 2.36. The molecule has 1 rings (SSSR count). The highest BCUT2D eigenvalue weighted by molar-refractivity contribution is 4.81. The fourth-order valence-electron chi connectivity index (χ4n) is 3.12. The Labute approximate surface area is 119 Å². The minimum Gasteiger partial charge on any atom is -0.396 e. The molecule has 3 atom stereocenters. The molecule has 1 N–H and O–H groups in total. The second kappa shape index (κ2) is 8.93. The van der Waals surface area contributed by atoms with E-state index in [4.69, 9.17) is 9.84 Å². The lowest BCUT2D eigenvalue weighted by Gasteiger charge is -2.37. The van der Waals surface area contributed by atoms with Gasteiger partial charge in [0.25, 0.3) is 0 Å². The van der Waals surface area contributed by atoms with E-state index in [1.807, 2.05) is 0 Å². The van der Waals surface area contributed by atoms with Gasteiger partial charge in [0, 0.05) is 19.7 Å². The Balaban J connectivity index is 2.28. The van der Waals surface area contributed by atoms with Crippen molar-refractivity contribution >= 4 is 0 Å². The van der Waals surface area contributed by atoms with Crippen molar-refractivity contribution in [3.63, 3.8) is 0 Å². The summed E-state index contributed by atoms with van der Waals surface area (Å²) < 4.78 is 6.17. The zero-order chi connectivity index (χ0) is 14.3. The predicted octanol–water partition coefficient (Wildman–Crippen LogP) is 2.78. The summed E-state index contributed by atoms with van der Waals surface area (Å²) in [6, 6.07) is 0. The van der Waals surface area contributed by atoms with Gasteiger partial charge in [0.1, 0.15) is 0 Å². The van der Waals surface area contributed by atoms with E-state index in [2.05, 4.69) is 32.7 Å². The van der Waals surface area contributed by atoms with Crippen molar-refractivity contribution in [3.05, 3.63) is 0 Å². The van der Waals surface area contributed by atoms with Crippen LogP contribution < -0.4 is 0 Å². The number of aliphatic hydroxyl groups is 1. The first-order valence-corrected chi connectivity index (χ1v) is 7.95. The van der Waals surface area contributed by atoms with Gasteiger partial charge >= 0.3 is 0 Å². The number of hydrogen-bond acceptors (Lipinski definition) is 3. The molecule has 3 unspecified atom stereocenters.